The largest absolute Gasteiger partial charge is 0.444 e. The lowest BCUT2D eigenvalue weighted by molar-refractivity contribution is -0.0233. The number of hydrogen-bond donors (Lipinski definition) is 0. The Balaban J connectivity index is 2.13. The maximum absolute atomic E-state index is 12.5. The predicted molar refractivity (Wildman–Crippen MR) is 105 cm³/mol. The normalized spacial score (nSPS) is 18.5. The fraction of sp³-hybridized carbons (Fsp3) is 0.632. The van der Waals surface area contributed by atoms with Gasteiger partial charge in [0.1, 0.15) is 5.60 Å². The van der Waals surface area contributed by atoms with E-state index in [0.717, 1.165) is 18.4 Å². The maximum atomic E-state index is 12.5. The molecule has 0 N–H and O–H groups in total. The highest BCUT2D eigenvalue weighted by Gasteiger charge is 2.33. The molecule has 1 aliphatic rings. The minimum absolute atomic E-state index is 0.107. The number of benzene rings is 1. The van der Waals surface area contributed by atoms with Crippen molar-refractivity contribution >= 4 is 17.7 Å². The van der Waals surface area contributed by atoms with Crippen LogP contribution in [0.2, 0.25) is 5.02 Å². The molecule has 148 valence electrons. The average Bonchev–Trinajstić information content (AvgIpc) is 2.60. The van der Waals surface area contributed by atoms with Gasteiger partial charge < -0.3 is 14.4 Å². The predicted octanol–water partition coefficient (Wildman–Crippen LogP) is 5.36. The van der Waals surface area contributed by atoms with Crippen LogP contribution in [0.3, 0.4) is 0 Å². The summed E-state index contributed by atoms with van der Waals surface area (Å²) in [6.07, 6.45) is 1.27. The molecular weight excluding hydrogens is 368 g/mol. The van der Waals surface area contributed by atoms with Crippen molar-refractivity contribution in [2.75, 3.05) is 26.2 Å². The van der Waals surface area contributed by atoms with Gasteiger partial charge in [-0.3, -0.25) is 0 Å². The zero-order valence-electron chi connectivity index (χ0n) is 16.1. The van der Waals surface area contributed by atoms with E-state index in [1.54, 1.807) is 4.90 Å². The molecule has 1 heterocycles. The second kappa shape index (κ2) is 9.83. The van der Waals surface area contributed by atoms with Crippen molar-refractivity contribution in [2.24, 2.45) is 11.0 Å². The van der Waals surface area contributed by atoms with Crippen molar-refractivity contribution in [1.29, 1.82) is 0 Å². The number of amides is 1. The number of ether oxygens (including phenoxy) is 2. The molecule has 0 bridgehead atoms. The summed E-state index contributed by atoms with van der Waals surface area (Å²) in [5.74, 6) is 0.107. The van der Waals surface area contributed by atoms with Crippen LogP contribution in [0.5, 0.6) is 0 Å². The first-order valence-corrected chi connectivity index (χ1v) is 9.54. The molecule has 27 heavy (non-hydrogen) atoms. The maximum Gasteiger partial charge on any atom is 0.410 e. The lowest BCUT2D eigenvalue weighted by Gasteiger charge is -2.37. The summed E-state index contributed by atoms with van der Waals surface area (Å²) >= 11 is 6.16. The Morgan fingerprint density at radius 1 is 1.48 bits per heavy atom. The minimum atomic E-state index is -0.526. The van der Waals surface area contributed by atoms with Crippen LogP contribution in [0.4, 0.5) is 4.79 Å². The molecule has 0 saturated carbocycles. The molecule has 7 nitrogen and oxygen atoms in total. The molecule has 0 spiro atoms. The Morgan fingerprint density at radius 2 is 2.26 bits per heavy atom. The molecule has 1 aliphatic heterocycles. The van der Waals surface area contributed by atoms with E-state index in [1.807, 2.05) is 45.0 Å². The number of halogens is 1. The molecule has 0 aliphatic carbocycles. The first-order chi connectivity index (χ1) is 12.8. The van der Waals surface area contributed by atoms with Gasteiger partial charge in [-0.15, -0.1) is 0 Å². The lowest BCUT2D eigenvalue weighted by atomic mass is 9.88. The highest BCUT2D eigenvalue weighted by Crippen LogP contribution is 2.34. The van der Waals surface area contributed by atoms with Crippen molar-refractivity contribution < 1.29 is 14.3 Å². The number of rotatable bonds is 6. The smallest absolute Gasteiger partial charge is 0.410 e. The average molecular weight is 395 g/mol. The molecule has 2 unspecified atom stereocenters. The number of azide groups is 1. The van der Waals surface area contributed by atoms with Crippen LogP contribution >= 0.6 is 11.6 Å². The summed E-state index contributed by atoms with van der Waals surface area (Å²) in [6, 6.07) is 7.55. The number of likely N-dealkylation sites (tertiary alicyclic amines) is 1. The summed E-state index contributed by atoms with van der Waals surface area (Å²) in [5.41, 5.74) is 8.88. The number of hydrogen-bond acceptors (Lipinski definition) is 4. The van der Waals surface area contributed by atoms with Gasteiger partial charge >= 0.3 is 6.09 Å². The second-order valence-corrected chi connectivity index (χ2v) is 8.07. The molecule has 1 aromatic carbocycles. The molecule has 1 aromatic rings. The van der Waals surface area contributed by atoms with Crippen molar-refractivity contribution in [3.8, 4) is 0 Å². The van der Waals surface area contributed by atoms with E-state index < -0.39 is 5.60 Å². The Kier molecular flexibility index (Phi) is 7.78. The van der Waals surface area contributed by atoms with Gasteiger partial charge in [0.25, 0.3) is 0 Å². The molecular formula is C19H27ClN4O3. The van der Waals surface area contributed by atoms with E-state index in [2.05, 4.69) is 10.0 Å². The number of piperidine rings is 1. The van der Waals surface area contributed by atoms with Gasteiger partial charge in [0.2, 0.25) is 0 Å². The van der Waals surface area contributed by atoms with E-state index >= 15 is 0 Å². The van der Waals surface area contributed by atoms with Gasteiger partial charge in [0, 0.05) is 35.5 Å². The van der Waals surface area contributed by atoms with Crippen LogP contribution in [0.15, 0.2) is 29.4 Å². The molecule has 1 saturated heterocycles. The van der Waals surface area contributed by atoms with Crippen LogP contribution in [0, 0.1) is 5.92 Å². The summed E-state index contributed by atoms with van der Waals surface area (Å²) < 4.78 is 11.6. The van der Waals surface area contributed by atoms with E-state index in [-0.39, 0.29) is 24.7 Å². The summed E-state index contributed by atoms with van der Waals surface area (Å²) in [5, 5.41) is 4.16. The molecule has 8 heteroatoms. The highest BCUT2D eigenvalue weighted by atomic mass is 35.5. The number of nitrogens with zero attached hydrogens (tertiary/aromatic N) is 4. The quantitative estimate of drug-likeness (QED) is 0.282. The third-order valence-electron chi connectivity index (χ3n) is 4.27. The highest BCUT2D eigenvalue weighted by molar-refractivity contribution is 6.30. The molecule has 0 radical (unpaired) electrons. The zero-order valence-corrected chi connectivity index (χ0v) is 16.9. The van der Waals surface area contributed by atoms with Crippen LogP contribution in [-0.2, 0) is 9.47 Å². The van der Waals surface area contributed by atoms with E-state index in [4.69, 9.17) is 26.6 Å². The van der Waals surface area contributed by atoms with Crippen molar-refractivity contribution in [2.45, 2.75) is 45.3 Å². The standard InChI is InChI=1S/C19H27ClN4O3/c1-19(2,3)27-18(25)24-10-5-7-15(13-24)17(26-11-9-22-23-21)14-6-4-8-16(20)12-14/h4,6,8,12,15,17H,5,7,9-11,13H2,1-3H3. The third-order valence-corrected chi connectivity index (χ3v) is 4.50. The van der Waals surface area contributed by atoms with Crippen LogP contribution in [0.1, 0.15) is 45.3 Å². The lowest BCUT2D eigenvalue weighted by Crippen LogP contribution is -2.44. The molecule has 0 aromatic heterocycles. The van der Waals surface area contributed by atoms with E-state index in [9.17, 15) is 4.79 Å². The van der Waals surface area contributed by atoms with E-state index in [1.165, 1.54) is 0 Å². The first kappa shape index (κ1) is 21.4. The fourth-order valence-corrected chi connectivity index (χ4v) is 3.40. The van der Waals surface area contributed by atoms with Crippen LogP contribution in [-0.4, -0.2) is 42.8 Å². The molecule has 1 amide bonds. The van der Waals surface area contributed by atoms with Crippen LogP contribution in [0.25, 0.3) is 10.4 Å². The molecule has 1 fully saturated rings. The van der Waals surface area contributed by atoms with Crippen molar-refractivity contribution in [3.63, 3.8) is 0 Å². The van der Waals surface area contributed by atoms with Crippen molar-refractivity contribution in [3.05, 3.63) is 45.3 Å². The van der Waals surface area contributed by atoms with E-state index in [0.29, 0.717) is 24.7 Å². The minimum Gasteiger partial charge on any atom is -0.444 e. The van der Waals surface area contributed by atoms with Crippen LogP contribution < -0.4 is 0 Å². The third kappa shape index (κ3) is 6.94. The Bertz CT molecular complexity index is 686. The van der Waals surface area contributed by atoms with Gasteiger partial charge in [0.05, 0.1) is 12.7 Å². The molecule has 2 rings (SSSR count). The van der Waals surface area contributed by atoms with Gasteiger partial charge in [-0.2, -0.15) is 0 Å². The van der Waals surface area contributed by atoms with Gasteiger partial charge in [0.15, 0.2) is 0 Å². The summed E-state index contributed by atoms with van der Waals surface area (Å²) in [6.45, 7) is 7.38. The van der Waals surface area contributed by atoms with Gasteiger partial charge in [-0.05, 0) is 56.8 Å². The zero-order chi connectivity index (χ0) is 19.9. The topological polar surface area (TPSA) is 87.5 Å². The number of carbonyl (C=O) groups excluding carboxylic acids is 1. The summed E-state index contributed by atoms with van der Waals surface area (Å²) in [4.78, 5) is 17.0. The monoisotopic (exact) mass is 394 g/mol. The Morgan fingerprint density at radius 3 is 2.93 bits per heavy atom. The number of carbonyl (C=O) groups is 1. The Hall–Kier alpha value is -1.95. The summed E-state index contributed by atoms with van der Waals surface area (Å²) in [7, 11) is 0. The molecule has 2 atom stereocenters. The Labute approximate surface area is 165 Å². The first-order valence-electron chi connectivity index (χ1n) is 9.16. The van der Waals surface area contributed by atoms with Gasteiger partial charge in [-0.1, -0.05) is 28.8 Å². The second-order valence-electron chi connectivity index (χ2n) is 7.63. The van der Waals surface area contributed by atoms with Crippen molar-refractivity contribution in [1.82, 2.24) is 4.90 Å². The SMILES string of the molecule is CC(C)(C)OC(=O)N1CCCC(C(OCCN=[N+]=[N-])c2cccc(Cl)c2)C1. The fourth-order valence-electron chi connectivity index (χ4n) is 3.20. The van der Waals surface area contributed by atoms with Gasteiger partial charge in [-0.25, -0.2) is 4.79 Å².